The number of nitrogens with two attached hydrogens (primary N) is 1. The Hall–Kier alpha value is -1.84. The molecule has 18 heavy (non-hydrogen) atoms. The quantitative estimate of drug-likeness (QED) is 0.900. The third-order valence-electron chi connectivity index (χ3n) is 2.85. The Morgan fingerprint density at radius 1 is 1.33 bits per heavy atom. The van der Waals surface area contributed by atoms with Crippen LogP contribution in [0.3, 0.4) is 0 Å². The Balaban J connectivity index is 2.23. The van der Waals surface area contributed by atoms with Gasteiger partial charge in [-0.05, 0) is 24.5 Å². The van der Waals surface area contributed by atoms with Gasteiger partial charge < -0.3 is 5.73 Å². The second-order valence-electron chi connectivity index (χ2n) is 4.87. The van der Waals surface area contributed by atoms with Crippen LogP contribution in [0.4, 0.5) is 10.2 Å². The molecule has 0 saturated heterocycles. The molecule has 1 aromatic carbocycles. The maximum absolute atomic E-state index is 13.1. The monoisotopic (exact) mass is 247 g/mol. The number of halogens is 1. The van der Waals surface area contributed by atoms with Gasteiger partial charge in [0.1, 0.15) is 11.6 Å². The first-order valence-corrected chi connectivity index (χ1v) is 6.15. The van der Waals surface area contributed by atoms with Gasteiger partial charge in [0.05, 0.1) is 5.69 Å². The van der Waals surface area contributed by atoms with Crippen LogP contribution in [0.25, 0.3) is 11.3 Å². The number of nitrogens with zero attached hydrogens (tertiary/aromatic N) is 2. The van der Waals surface area contributed by atoms with Crippen LogP contribution in [0.5, 0.6) is 0 Å². The maximum Gasteiger partial charge on any atom is 0.123 e. The van der Waals surface area contributed by atoms with Gasteiger partial charge in [-0.15, -0.1) is 0 Å². The van der Waals surface area contributed by atoms with Gasteiger partial charge in [-0.3, -0.25) is 0 Å². The molecule has 2 rings (SSSR count). The van der Waals surface area contributed by atoms with Gasteiger partial charge in [0, 0.05) is 18.2 Å². The van der Waals surface area contributed by atoms with Crippen LogP contribution >= 0.6 is 0 Å². The molecular weight excluding hydrogens is 229 g/mol. The lowest BCUT2D eigenvalue weighted by Crippen LogP contribution is -2.06. The molecule has 0 unspecified atom stereocenters. The second kappa shape index (κ2) is 5.21. The Morgan fingerprint density at radius 2 is 2.11 bits per heavy atom. The number of anilines is 1. The van der Waals surface area contributed by atoms with Gasteiger partial charge in [-0.2, -0.15) is 5.10 Å². The van der Waals surface area contributed by atoms with Crippen LogP contribution in [0.1, 0.15) is 20.3 Å². The highest BCUT2D eigenvalue weighted by atomic mass is 19.1. The number of nitrogen functional groups attached to an aromatic ring is 1. The molecule has 0 radical (unpaired) electrons. The Labute approximate surface area is 106 Å². The van der Waals surface area contributed by atoms with Crippen LogP contribution in [-0.4, -0.2) is 9.78 Å². The summed E-state index contributed by atoms with van der Waals surface area (Å²) in [7, 11) is 0. The summed E-state index contributed by atoms with van der Waals surface area (Å²) in [6.45, 7) is 5.11. The van der Waals surface area contributed by atoms with E-state index in [0.29, 0.717) is 11.7 Å². The fraction of sp³-hybridized carbons (Fsp3) is 0.357. The first-order valence-electron chi connectivity index (χ1n) is 6.15. The number of benzene rings is 1. The fourth-order valence-electron chi connectivity index (χ4n) is 1.78. The average Bonchev–Trinajstić information content (AvgIpc) is 2.68. The smallest absolute Gasteiger partial charge is 0.123 e. The van der Waals surface area contributed by atoms with E-state index in [-0.39, 0.29) is 5.82 Å². The van der Waals surface area contributed by atoms with E-state index in [1.165, 1.54) is 12.1 Å². The number of rotatable bonds is 4. The first-order chi connectivity index (χ1) is 8.56. The molecule has 1 heterocycles. The van der Waals surface area contributed by atoms with Crippen molar-refractivity contribution < 1.29 is 4.39 Å². The van der Waals surface area contributed by atoms with Crippen molar-refractivity contribution in [2.75, 3.05) is 5.73 Å². The summed E-state index contributed by atoms with van der Waals surface area (Å²) in [6, 6.07) is 8.18. The summed E-state index contributed by atoms with van der Waals surface area (Å²) in [5.41, 5.74) is 7.38. The van der Waals surface area contributed by atoms with E-state index < -0.39 is 0 Å². The normalized spacial score (nSPS) is 11.1. The van der Waals surface area contributed by atoms with Crippen LogP contribution in [0, 0.1) is 11.7 Å². The highest BCUT2D eigenvalue weighted by Gasteiger charge is 2.08. The van der Waals surface area contributed by atoms with Crippen molar-refractivity contribution in [1.29, 1.82) is 0 Å². The van der Waals surface area contributed by atoms with E-state index in [0.717, 1.165) is 24.2 Å². The lowest BCUT2D eigenvalue weighted by atomic mass is 10.1. The van der Waals surface area contributed by atoms with Crippen molar-refractivity contribution in [1.82, 2.24) is 9.78 Å². The minimum Gasteiger partial charge on any atom is -0.384 e. The molecule has 0 aliphatic rings. The van der Waals surface area contributed by atoms with Crippen LogP contribution in [-0.2, 0) is 6.54 Å². The molecule has 0 fully saturated rings. The van der Waals surface area contributed by atoms with Gasteiger partial charge >= 0.3 is 0 Å². The third kappa shape index (κ3) is 2.88. The van der Waals surface area contributed by atoms with Crippen LogP contribution in [0.15, 0.2) is 30.3 Å². The van der Waals surface area contributed by atoms with Crippen molar-refractivity contribution in [3.05, 3.63) is 36.1 Å². The van der Waals surface area contributed by atoms with Gasteiger partial charge in [-0.25, -0.2) is 9.07 Å². The standard InChI is InChI=1S/C14H18FN3/c1-10(2)6-7-18-14(16)9-13(17-18)11-4-3-5-12(15)8-11/h3-5,8-10H,6-7,16H2,1-2H3. The molecule has 4 heteroatoms. The number of hydrogen-bond acceptors (Lipinski definition) is 2. The van der Waals surface area contributed by atoms with Crippen molar-refractivity contribution >= 4 is 5.82 Å². The lowest BCUT2D eigenvalue weighted by molar-refractivity contribution is 0.492. The molecule has 1 aromatic heterocycles. The topological polar surface area (TPSA) is 43.8 Å². The maximum atomic E-state index is 13.1. The van der Waals surface area contributed by atoms with E-state index in [1.807, 2.05) is 6.07 Å². The number of hydrogen-bond donors (Lipinski definition) is 1. The van der Waals surface area contributed by atoms with Crippen molar-refractivity contribution in [3.8, 4) is 11.3 Å². The van der Waals surface area contributed by atoms with Crippen LogP contribution in [0.2, 0.25) is 0 Å². The molecule has 0 atom stereocenters. The summed E-state index contributed by atoms with van der Waals surface area (Å²) in [4.78, 5) is 0. The molecule has 0 saturated carbocycles. The third-order valence-corrected chi connectivity index (χ3v) is 2.85. The minimum absolute atomic E-state index is 0.261. The average molecular weight is 247 g/mol. The first kappa shape index (κ1) is 12.6. The molecule has 0 bridgehead atoms. The van der Waals surface area contributed by atoms with Gasteiger partial charge in [-0.1, -0.05) is 26.0 Å². The molecule has 0 spiro atoms. The Kier molecular flexibility index (Phi) is 3.65. The van der Waals surface area contributed by atoms with E-state index in [9.17, 15) is 4.39 Å². The van der Waals surface area contributed by atoms with Gasteiger partial charge in [0.15, 0.2) is 0 Å². The SMILES string of the molecule is CC(C)CCn1nc(-c2cccc(F)c2)cc1N. The highest BCUT2D eigenvalue weighted by molar-refractivity contribution is 5.62. The molecular formula is C14H18FN3. The zero-order chi connectivity index (χ0) is 13.1. The Morgan fingerprint density at radius 3 is 2.78 bits per heavy atom. The zero-order valence-electron chi connectivity index (χ0n) is 10.7. The lowest BCUT2D eigenvalue weighted by Gasteiger charge is -2.06. The summed E-state index contributed by atoms with van der Waals surface area (Å²) in [5.74, 6) is 0.962. The minimum atomic E-state index is -0.261. The second-order valence-corrected chi connectivity index (χ2v) is 4.87. The number of aromatic nitrogens is 2. The fourth-order valence-corrected chi connectivity index (χ4v) is 1.78. The van der Waals surface area contributed by atoms with Gasteiger partial charge in [0.25, 0.3) is 0 Å². The zero-order valence-corrected chi connectivity index (χ0v) is 10.7. The number of aryl methyl sites for hydroxylation is 1. The molecule has 0 aliphatic carbocycles. The van der Waals surface area contributed by atoms with Crippen LogP contribution < -0.4 is 5.73 Å². The van der Waals surface area contributed by atoms with E-state index in [1.54, 1.807) is 16.8 Å². The predicted molar refractivity (Wildman–Crippen MR) is 71.5 cm³/mol. The summed E-state index contributed by atoms with van der Waals surface area (Å²) < 4.78 is 14.9. The van der Waals surface area contributed by atoms with E-state index in [4.69, 9.17) is 5.73 Å². The molecule has 0 aliphatic heterocycles. The van der Waals surface area contributed by atoms with E-state index in [2.05, 4.69) is 18.9 Å². The molecule has 3 nitrogen and oxygen atoms in total. The predicted octanol–water partition coefficient (Wildman–Crippen LogP) is 3.32. The Bertz CT molecular complexity index is 532. The molecule has 2 aromatic rings. The highest BCUT2D eigenvalue weighted by Crippen LogP contribution is 2.21. The van der Waals surface area contributed by atoms with Crippen molar-refractivity contribution in [2.24, 2.45) is 5.92 Å². The molecule has 2 N–H and O–H groups in total. The molecule has 96 valence electrons. The summed E-state index contributed by atoms with van der Waals surface area (Å²) in [5, 5.41) is 4.42. The van der Waals surface area contributed by atoms with Crippen molar-refractivity contribution in [3.63, 3.8) is 0 Å². The molecule has 0 amide bonds. The van der Waals surface area contributed by atoms with Crippen molar-refractivity contribution in [2.45, 2.75) is 26.8 Å². The van der Waals surface area contributed by atoms with Gasteiger partial charge in [0.2, 0.25) is 0 Å². The van der Waals surface area contributed by atoms with E-state index >= 15 is 0 Å². The summed E-state index contributed by atoms with van der Waals surface area (Å²) >= 11 is 0. The largest absolute Gasteiger partial charge is 0.384 e. The summed E-state index contributed by atoms with van der Waals surface area (Å²) in [6.07, 6.45) is 1.02.